The molecule has 0 saturated heterocycles. The molecule has 4 saturated carbocycles. The third-order valence-electron chi connectivity index (χ3n) is 11.8. The molecule has 0 aromatic carbocycles. The molecule has 1 nitrogen and oxygen atoms in total. The van der Waals surface area contributed by atoms with E-state index in [1.165, 1.54) is 89.9 Å². The summed E-state index contributed by atoms with van der Waals surface area (Å²) in [5.41, 5.74) is 2.62. The Morgan fingerprint density at radius 3 is 2.41 bits per heavy atom. The predicted molar refractivity (Wildman–Crippen MR) is 149 cm³/mol. The standard InChI is InChI=1S/C30H50O.C2H6.CH4/c1-21(8-7-11-22-9-5-4-6-10-22)26-14-15-27-25-13-12-23-20-24(31)16-18-29(23,2)28(25)17-19-30(26,27)3;1-2;/h12,21-22,24-28,31H,4-11,13-20H2,1-3H3;1-2H3;1H4/t21?,24-,25-,26+,27?,28?,29?,30?;;/m0../s1. The van der Waals surface area contributed by atoms with E-state index in [1.54, 1.807) is 5.57 Å². The average molecular weight is 473 g/mol. The van der Waals surface area contributed by atoms with E-state index >= 15 is 0 Å². The second-order valence-corrected chi connectivity index (χ2v) is 13.3. The highest BCUT2D eigenvalue weighted by Crippen LogP contribution is 2.67. The molecule has 0 spiro atoms. The molecule has 5 aliphatic rings. The van der Waals surface area contributed by atoms with E-state index in [9.17, 15) is 5.11 Å². The SMILES string of the molecule is C.CC.CC(CCCC1CCCCC1)[C@H]1CCC2[C@@H]3CC=C4C[C@@H](O)CCC4(C)C3CCC21C. The van der Waals surface area contributed by atoms with Crippen LogP contribution in [0, 0.1) is 46.3 Å². The van der Waals surface area contributed by atoms with Gasteiger partial charge in [-0.2, -0.15) is 0 Å². The first-order valence-corrected chi connectivity index (χ1v) is 15.3. The number of hydrogen-bond donors (Lipinski definition) is 1. The van der Waals surface area contributed by atoms with Crippen molar-refractivity contribution in [1.29, 1.82) is 0 Å². The van der Waals surface area contributed by atoms with Gasteiger partial charge in [-0.15, -0.1) is 0 Å². The monoisotopic (exact) mass is 472 g/mol. The highest BCUT2D eigenvalue weighted by atomic mass is 16.3. The van der Waals surface area contributed by atoms with Crippen molar-refractivity contribution in [1.82, 2.24) is 0 Å². The Balaban J connectivity index is 0.00000105. The molecule has 5 rings (SSSR count). The fourth-order valence-electron chi connectivity index (χ4n) is 10.0. The zero-order valence-corrected chi connectivity index (χ0v) is 22.9. The van der Waals surface area contributed by atoms with Gasteiger partial charge in [0.15, 0.2) is 0 Å². The maximum absolute atomic E-state index is 10.3. The molecule has 198 valence electrons. The molecule has 1 heteroatoms. The number of aliphatic hydroxyl groups excluding tert-OH is 1. The van der Waals surface area contributed by atoms with E-state index in [0.717, 1.165) is 48.3 Å². The quantitative estimate of drug-likeness (QED) is 0.395. The van der Waals surface area contributed by atoms with E-state index in [0.29, 0.717) is 10.8 Å². The first kappa shape index (κ1) is 28.3. The van der Waals surface area contributed by atoms with Gasteiger partial charge < -0.3 is 5.11 Å². The molecule has 0 heterocycles. The lowest BCUT2D eigenvalue weighted by Gasteiger charge is -2.58. The van der Waals surface area contributed by atoms with Crippen LogP contribution in [0.1, 0.15) is 145 Å². The Hall–Kier alpha value is -0.300. The van der Waals surface area contributed by atoms with Gasteiger partial charge in [-0.05, 0) is 97.7 Å². The van der Waals surface area contributed by atoms with Crippen LogP contribution in [0.4, 0.5) is 0 Å². The molecule has 34 heavy (non-hydrogen) atoms. The number of fused-ring (bicyclic) bond motifs is 5. The third-order valence-corrected chi connectivity index (χ3v) is 11.8. The van der Waals surface area contributed by atoms with Crippen LogP contribution < -0.4 is 0 Å². The maximum Gasteiger partial charge on any atom is 0.0577 e. The second kappa shape index (κ2) is 11.8. The Kier molecular flexibility index (Phi) is 9.84. The lowest BCUT2D eigenvalue weighted by Crippen LogP contribution is -2.50. The first-order valence-electron chi connectivity index (χ1n) is 15.3. The minimum atomic E-state index is -0.0740. The van der Waals surface area contributed by atoms with Crippen molar-refractivity contribution in [2.45, 2.75) is 151 Å². The summed E-state index contributed by atoms with van der Waals surface area (Å²) in [7, 11) is 0. The Bertz CT molecular complexity index is 659. The van der Waals surface area contributed by atoms with Gasteiger partial charge in [0.05, 0.1) is 6.10 Å². The van der Waals surface area contributed by atoms with Crippen LogP contribution in [0.25, 0.3) is 0 Å². The molecule has 0 aromatic rings. The van der Waals surface area contributed by atoms with Crippen LogP contribution in [-0.4, -0.2) is 11.2 Å². The average Bonchev–Trinajstić information content (AvgIpc) is 3.19. The number of allylic oxidation sites excluding steroid dienone is 1. The molecule has 0 aromatic heterocycles. The van der Waals surface area contributed by atoms with Crippen molar-refractivity contribution in [3.05, 3.63) is 11.6 Å². The van der Waals surface area contributed by atoms with Crippen LogP contribution in [0.3, 0.4) is 0 Å². The largest absolute Gasteiger partial charge is 0.393 e. The summed E-state index contributed by atoms with van der Waals surface area (Å²) >= 11 is 0. The van der Waals surface area contributed by atoms with Gasteiger partial charge in [-0.3, -0.25) is 0 Å². The van der Waals surface area contributed by atoms with Crippen molar-refractivity contribution in [2.24, 2.45) is 46.3 Å². The summed E-state index contributed by atoms with van der Waals surface area (Å²) in [6.07, 6.45) is 25.0. The van der Waals surface area contributed by atoms with Gasteiger partial charge in [0.1, 0.15) is 0 Å². The van der Waals surface area contributed by atoms with Gasteiger partial charge in [-0.25, -0.2) is 0 Å². The molecule has 1 N–H and O–H groups in total. The van der Waals surface area contributed by atoms with Gasteiger partial charge in [0.2, 0.25) is 0 Å². The Morgan fingerprint density at radius 1 is 0.941 bits per heavy atom. The van der Waals surface area contributed by atoms with Crippen LogP contribution in [-0.2, 0) is 0 Å². The van der Waals surface area contributed by atoms with Crippen LogP contribution in [0.2, 0.25) is 0 Å². The highest BCUT2D eigenvalue weighted by Gasteiger charge is 2.59. The zero-order chi connectivity index (χ0) is 23.6. The summed E-state index contributed by atoms with van der Waals surface area (Å²) in [6.45, 7) is 11.9. The zero-order valence-electron chi connectivity index (χ0n) is 22.9. The summed E-state index contributed by atoms with van der Waals surface area (Å²) in [5.74, 6) is 5.71. The predicted octanol–water partition coefficient (Wildman–Crippen LogP) is 9.98. The van der Waals surface area contributed by atoms with Gasteiger partial charge in [0, 0.05) is 0 Å². The van der Waals surface area contributed by atoms with Gasteiger partial charge >= 0.3 is 0 Å². The Labute approximate surface area is 214 Å². The number of aliphatic hydroxyl groups is 1. The second-order valence-electron chi connectivity index (χ2n) is 13.3. The minimum Gasteiger partial charge on any atom is -0.393 e. The van der Waals surface area contributed by atoms with E-state index in [4.69, 9.17) is 0 Å². The van der Waals surface area contributed by atoms with Crippen LogP contribution in [0.5, 0.6) is 0 Å². The molecule has 8 atom stereocenters. The molecule has 0 bridgehead atoms. The van der Waals surface area contributed by atoms with Gasteiger partial charge in [0.25, 0.3) is 0 Å². The third kappa shape index (κ3) is 5.21. The lowest BCUT2D eigenvalue weighted by atomic mass is 9.47. The molecule has 0 amide bonds. The molecule has 5 aliphatic carbocycles. The van der Waals surface area contributed by atoms with E-state index in [-0.39, 0.29) is 13.5 Å². The smallest absolute Gasteiger partial charge is 0.0577 e. The lowest BCUT2D eigenvalue weighted by molar-refractivity contribution is -0.0573. The number of hydrogen-bond acceptors (Lipinski definition) is 1. The number of rotatable bonds is 5. The van der Waals surface area contributed by atoms with Crippen molar-refractivity contribution in [3.8, 4) is 0 Å². The van der Waals surface area contributed by atoms with E-state index in [2.05, 4.69) is 26.8 Å². The summed E-state index contributed by atoms with van der Waals surface area (Å²) in [6, 6.07) is 0. The molecular weight excluding hydrogens is 412 g/mol. The minimum absolute atomic E-state index is 0. The summed E-state index contributed by atoms with van der Waals surface area (Å²) in [5, 5.41) is 10.3. The van der Waals surface area contributed by atoms with Crippen molar-refractivity contribution in [3.63, 3.8) is 0 Å². The molecular formula is C33H60O. The summed E-state index contributed by atoms with van der Waals surface area (Å²) in [4.78, 5) is 0. The maximum atomic E-state index is 10.3. The van der Waals surface area contributed by atoms with Gasteiger partial charge in [-0.1, -0.05) is 105 Å². The van der Waals surface area contributed by atoms with E-state index < -0.39 is 0 Å². The molecule has 4 fully saturated rings. The fraction of sp³-hybridized carbons (Fsp3) is 0.939. The molecule has 5 unspecified atom stereocenters. The van der Waals surface area contributed by atoms with E-state index in [1.807, 2.05) is 13.8 Å². The van der Waals surface area contributed by atoms with Crippen molar-refractivity contribution >= 4 is 0 Å². The fourth-order valence-corrected chi connectivity index (χ4v) is 10.0. The Morgan fingerprint density at radius 2 is 1.68 bits per heavy atom. The molecule has 0 radical (unpaired) electrons. The summed E-state index contributed by atoms with van der Waals surface area (Å²) < 4.78 is 0. The topological polar surface area (TPSA) is 20.2 Å². The first-order chi connectivity index (χ1) is 15.9. The van der Waals surface area contributed by atoms with Crippen molar-refractivity contribution in [2.75, 3.05) is 0 Å². The van der Waals surface area contributed by atoms with Crippen molar-refractivity contribution < 1.29 is 5.11 Å². The highest BCUT2D eigenvalue weighted by molar-refractivity contribution is 5.25. The van der Waals surface area contributed by atoms with Crippen LogP contribution >= 0.6 is 0 Å². The molecule has 0 aliphatic heterocycles. The van der Waals surface area contributed by atoms with Crippen LogP contribution in [0.15, 0.2) is 11.6 Å². The normalized spacial score (nSPS) is 42.6.